The predicted molar refractivity (Wildman–Crippen MR) is 117 cm³/mol. The fraction of sp³-hybridized carbons (Fsp3) is 0.273. The number of anilines is 1. The van der Waals surface area contributed by atoms with Crippen LogP contribution < -0.4 is 5.32 Å². The Morgan fingerprint density at radius 3 is 2.83 bits per heavy atom. The Labute approximate surface area is 182 Å². The molecule has 1 aliphatic rings. The summed E-state index contributed by atoms with van der Waals surface area (Å²) in [5.74, 6) is 0.0922. The molecule has 0 aliphatic heterocycles. The minimum atomic E-state index is -0.298. The van der Waals surface area contributed by atoms with Crippen molar-refractivity contribution < 1.29 is 9.18 Å². The molecule has 1 aromatic carbocycles. The first-order chi connectivity index (χ1) is 14.6. The number of aryl methyl sites for hydroxylation is 2. The van der Waals surface area contributed by atoms with Crippen molar-refractivity contribution in [3.8, 4) is 17.3 Å². The lowest BCUT2D eigenvalue weighted by Gasteiger charge is -2.16. The van der Waals surface area contributed by atoms with E-state index in [2.05, 4.69) is 21.4 Å². The second kappa shape index (κ2) is 9.37. The third-order valence-corrected chi connectivity index (χ3v) is 6.60. The molecule has 3 aromatic rings. The smallest absolute Gasteiger partial charge is 0.226 e. The van der Waals surface area contributed by atoms with Crippen LogP contribution in [0.1, 0.15) is 36.1 Å². The van der Waals surface area contributed by atoms with Crippen LogP contribution >= 0.6 is 23.1 Å². The van der Waals surface area contributed by atoms with Crippen LogP contribution in [0.15, 0.2) is 40.7 Å². The maximum atomic E-state index is 13.1. The highest BCUT2D eigenvalue weighted by molar-refractivity contribution is 7.99. The van der Waals surface area contributed by atoms with E-state index in [1.807, 2.05) is 11.4 Å². The minimum Gasteiger partial charge on any atom is -0.302 e. The van der Waals surface area contributed by atoms with Gasteiger partial charge in [-0.25, -0.2) is 14.4 Å². The Kier molecular flexibility index (Phi) is 6.41. The van der Waals surface area contributed by atoms with Crippen LogP contribution in [0.2, 0.25) is 0 Å². The van der Waals surface area contributed by atoms with Crippen LogP contribution in [0.3, 0.4) is 0 Å². The third kappa shape index (κ3) is 4.86. The quantitative estimate of drug-likeness (QED) is 0.534. The van der Waals surface area contributed by atoms with Gasteiger partial charge in [-0.3, -0.25) is 4.79 Å². The second-order valence-electron chi connectivity index (χ2n) is 6.96. The number of amides is 1. The van der Waals surface area contributed by atoms with Gasteiger partial charge in [0.2, 0.25) is 5.91 Å². The number of nitrogens with zero attached hydrogens (tertiary/aromatic N) is 3. The molecule has 5 nitrogen and oxygen atoms in total. The summed E-state index contributed by atoms with van der Waals surface area (Å²) in [4.78, 5) is 21.4. The lowest BCUT2D eigenvalue weighted by molar-refractivity contribution is -0.115. The second-order valence-corrected chi connectivity index (χ2v) is 8.90. The average molecular weight is 439 g/mol. The molecule has 0 fully saturated rings. The van der Waals surface area contributed by atoms with Crippen molar-refractivity contribution in [1.82, 2.24) is 9.97 Å². The molecule has 8 heteroatoms. The number of carbonyl (C=O) groups excluding carboxylic acids is 1. The molecule has 0 radical (unpaired) electrons. The normalized spacial score (nSPS) is 12.8. The number of thiazole rings is 1. The van der Waals surface area contributed by atoms with E-state index < -0.39 is 0 Å². The fourth-order valence-corrected chi connectivity index (χ4v) is 4.96. The number of fused-ring (bicyclic) bond motifs is 1. The van der Waals surface area contributed by atoms with E-state index in [0.717, 1.165) is 36.9 Å². The number of hydrogen-bond acceptors (Lipinski definition) is 6. The highest BCUT2D eigenvalue weighted by Crippen LogP contribution is 2.28. The molecule has 1 aliphatic carbocycles. The van der Waals surface area contributed by atoms with Crippen LogP contribution in [0.25, 0.3) is 11.3 Å². The molecular formula is C22H19FN4OS2. The number of nitrogens with one attached hydrogen (secondary N) is 1. The first-order valence-corrected chi connectivity index (χ1v) is 11.6. The Hall–Kier alpha value is -2.76. The van der Waals surface area contributed by atoms with Gasteiger partial charge >= 0.3 is 0 Å². The van der Waals surface area contributed by atoms with Gasteiger partial charge in [-0.2, -0.15) is 5.26 Å². The molecule has 0 atom stereocenters. The number of rotatable bonds is 6. The van der Waals surface area contributed by atoms with E-state index in [-0.39, 0.29) is 11.7 Å². The number of hydrogen-bond donors (Lipinski definition) is 1. The van der Waals surface area contributed by atoms with Crippen LogP contribution in [-0.2, 0) is 17.6 Å². The van der Waals surface area contributed by atoms with Gasteiger partial charge in [-0.1, -0.05) is 0 Å². The van der Waals surface area contributed by atoms with Crippen molar-refractivity contribution >= 4 is 34.1 Å². The highest BCUT2D eigenvalue weighted by atomic mass is 32.2. The molecular weight excluding hydrogens is 419 g/mol. The SMILES string of the molecule is N#Cc1cc2c(nc1SCCC(=O)Nc1nc(-c3ccc(F)cc3)cs1)CCCC2. The molecule has 0 saturated carbocycles. The maximum absolute atomic E-state index is 13.1. The van der Waals surface area contributed by atoms with Gasteiger partial charge < -0.3 is 5.32 Å². The van der Waals surface area contributed by atoms with E-state index >= 15 is 0 Å². The average Bonchev–Trinajstić information content (AvgIpc) is 3.22. The monoisotopic (exact) mass is 438 g/mol. The van der Waals surface area contributed by atoms with Gasteiger partial charge in [0.1, 0.15) is 16.9 Å². The molecule has 30 heavy (non-hydrogen) atoms. The summed E-state index contributed by atoms with van der Waals surface area (Å²) in [5, 5.41) is 15.3. The zero-order valence-electron chi connectivity index (χ0n) is 16.2. The van der Waals surface area contributed by atoms with Gasteiger partial charge in [-0.15, -0.1) is 23.1 Å². The Morgan fingerprint density at radius 2 is 2.03 bits per heavy atom. The highest BCUT2D eigenvalue weighted by Gasteiger charge is 2.16. The number of nitriles is 1. The summed E-state index contributed by atoms with van der Waals surface area (Å²) >= 11 is 2.77. The lowest BCUT2D eigenvalue weighted by atomic mass is 9.95. The molecule has 4 rings (SSSR count). The van der Waals surface area contributed by atoms with Gasteiger partial charge in [-0.05, 0) is 61.6 Å². The molecule has 2 aromatic heterocycles. The summed E-state index contributed by atoms with van der Waals surface area (Å²) in [5.41, 5.74) is 4.35. The van der Waals surface area contributed by atoms with Gasteiger partial charge in [0.15, 0.2) is 5.13 Å². The summed E-state index contributed by atoms with van der Waals surface area (Å²) in [6, 6.07) is 10.3. The number of halogens is 1. The summed E-state index contributed by atoms with van der Waals surface area (Å²) in [7, 11) is 0. The number of pyridine rings is 1. The van der Waals surface area contributed by atoms with E-state index in [0.29, 0.717) is 33.6 Å². The molecule has 0 saturated heterocycles. The molecule has 1 amide bonds. The van der Waals surface area contributed by atoms with E-state index in [1.54, 1.807) is 12.1 Å². The summed E-state index contributed by atoms with van der Waals surface area (Å²) in [6.07, 6.45) is 4.51. The summed E-state index contributed by atoms with van der Waals surface area (Å²) < 4.78 is 13.1. The first-order valence-electron chi connectivity index (χ1n) is 9.69. The predicted octanol–water partition coefficient (Wildman–Crippen LogP) is 5.22. The largest absolute Gasteiger partial charge is 0.302 e. The number of aromatic nitrogens is 2. The van der Waals surface area contributed by atoms with E-state index in [1.165, 1.54) is 40.8 Å². The molecule has 1 N–H and O–H groups in total. The van der Waals surface area contributed by atoms with Crippen molar-refractivity contribution in [2.45, 2.75) is 37.1 Å². The Balaban J connectivity index is 1.33. The molecule has 0 bridgehead atoms. The standard InChI is InChI=1S/C22H19FN4OS2/c23-17-7-5-14(6-8-17)19-13-30-22(26-19)27-20(28)9-10-29-21-16(12-24)11-15-3-1-2-4-18(15)25-21/h5-8,11,13H,1-4,9-10H2,(H,26,27,28). The zero-order valence-corrected chi connectivity index (χ0v) is 17.8. The first kappa shape index (κ1) is 20.5. The van der Waals surface area contributed by atoms with Crippen LogP contribution in [0, 0.1) is 17.1 Å². The van der Waals surface area contributed by atoms with Crippen LogP contribution in [-0.4, -0.2) is 21.6 Å². The Bertz CT molecular complexity index is 1110. The van der Waals surface area contributed by atoms with Crippen molar-refractivity contribution in [2.24, 2.45) is 0 Å². The third-order valence-electron chi connectivity index (χ3n) is 4.84. The van der Waals surface area contributed by atoms with Crippen molar-refractivity contribution in [2.75, 3.05) is 11.1 Å². The topological polar surface area (TPSA) is 78.7 Å². The van der Waals surface area contributed by atoms with Gasteiger partial charge in [0.25, 0.3) is 0 Å². The number of thioether (sulfide) groups is 1. The lowest BCUT2D eigenvalue weighted by Crippen LogP contribution is -2.12. The molecule has 0 unspecified atom stereocenters. The number of carbonyl (C=O) groups is 1. The van der Waals surface area contributed by atoms with Crippen molar-refractivity contribution in [1.29, 1.82) is 5.26 Å². The fourth-order valence-electron chi connectivity index (χ4n) is 3.31. The molecule has 0 spiro atoms. The van der Waals surface area contributed by atoms with Gasteiger partial charge in [0.05, 0.1) is 11.3 Å². The minimum absolute atomic E-state index is 0.140. The molecule has 152 valence electrons. The van der Waals surface area contributed by atoms with Gasteiger partial charge in [0, 0.05) is 28.8 Å². The van der Waals surface area contributed by atoms with E-state index in [9.17, 15) is 14.4 Å². The summed E-state index contributed by atoms with van der Waals surface area (Å²) in [6.45, 7) is 0. The van der Waals surface area contributed by atoms with E-state index in [4.69, 9.17) is 0 Å². The van der Waals surface area contributed by atoms with Crippen molar-refractivity contribution in [3.63, 3.8) is 0 Å². The van der Waals surface area contributed by atoms with Crippen LogP contribution in [0.4, 0.5) is 9.52 Å². The molecule has 2 heterocycles. The van der Waals surface area contributed by atoms with Crippen LogP contribution in [0.5, 0.6) is 0 Å². The maximum Gasteiger partial charge on any atom is 0.226 e. The van der Waals surface area contributed by atoms with Crippen molar-refractivity contribution in [3.05, 3.63) is 58.3 Å². The Morgan fingerprint density at radius 1 is 1.23 bits per heavy atom. The number of benzene rings is 1. The zero-order chi connectivity index (χ0) is 20.9.